The highest BCUT2D eigenvalue weighted by Crippen LogP contribution is 2.59. The summed E-state index contributed by atoms with van der Waals surface area (Å²) in [5, 5.41) is 18.2. The van der Waals surface area contributed by atoms with Crippen molar-refractivity contribution in [2.75, 3.05) is 23.8 Å². The average Bonchev–Trinajstić information content (AvgIpc) is 3.45. The largest absolute Gasteiger partial charge is 0.395 e. The Bertz CT molecular complexity index is 927. The topological polar surface area (TPSA) is 119 Å². The highest BCUT2D eigenvalue weighted by atomic mass is 16.3. The second kappa shape index (κ2) is 8.30. The van der Waals surface area contributed by atoms with Crippen LogP contribution in [-0.4, -0.2) is 51.1 Å². The molecule has 0 unspecified atom stereocenters. The first-order valence-corrected chi connectivity index (χ1v) is 10.8. The lowest BCUT2D eigenvalue weighted by atomic mass is 9.79. The minimum atomic E-state index is -0.585. The van der Waals surface area contributed by atoms with E-state index in [4.69, 9.17) is 5.11 Å². The molecule has 2 amide bonds. The van der Waals surface area contributed by atoms with E-state index in [0.29, 0.717) is 34.9 Å². The van der Waals surface area contributed by atoms with Gasteiger partial charge in [-0.25, -0.2) is 9.97 Å². The monoisotopic (exact) mass is 426 g/mol. The smallest absolute Gasteiger partial charge is 0.270 e. The van der Waals surface area contributed by atoms with E-state index >= 15 is 0 Å². The minimum absolute atomic E-state index is 0.0102. The van der Waals surface area contributed by atoms with Gasteiger partial charge in [0.05, 0.1) is 6.61 Å². The van der Waals surface area contributed by atoms with Crippen LogP contribution in [0.4, 0.5) is 11.6 Å². The zero-order valence-electron chi connectivity index (χ0n) is 18.1. The highest BCUT2D eigenvalue weighted by molar-refractivity contribution is 5.99. The lowest BCUT2D eigenvalue weighted by Crippen LogP contribution is -2.53. The molecule has 2 aliphatic carbocycles. The fraction of sp³-hybridized carbons (Fsp3) is 0.545. The van der Waals surface area contributed by atoms with Gasteiger partial charge in [-0.1, -0.05) is 0 Å². The summed E-state index contributed by atoms with van der Waals surface area (Å²) in [7, 11) is 0. The molecule has 31 heavy (non-hydrogen) atoms. The molecule has 3 fully saturated rings. The van der Waals surface area contributed by atoms with Crippen LogP contribution >= 0.6 is 0 Å². The van der Waals surface area contributed by atoms with Gasteiger partial charge in [-0.3, -0.25) is 14.5 Å². The Hall–Kier alpha value is -2.94. The van der Waals surface area contributed by atoms with Crippen molar-refractivity contribution in [3.8, 4) is 0 Å². The number of aromatic nitrogens is 2. The molecule has 2 spiro atoms. The van der Waals surface area contributed by atoms with Crippen molar-refractivity contribution in [2.45, 2.75) is 58.0 Å². The number of carbonyl (C=O) groups is 2. The molecule has 3 aliphatic rings. The third-order valence-electron chi connectivity index (χ3n) is 6.68. The molecule has 1 aliphatic heterocycles. The molecule has 9 heteroatoms. The molecule has 0 radical (unpaired) electrons. The molecular weight excluding hydrogens is 396 g/mol. The van der Waals surface area contributed by atoms with Crippen LogP contribution in [0.5, 0.6) is 0 Å². The zero-order valence-corrected chi connectivity index (χ0v) is 18.1. The fourth-order valence-electron chi connectivity index (χ4n) is 4.75. The van der Waals surface area contributed by atoms with E-state index in [2.05, 4.69) is 25.9 Å². The van der Waals surface area contributed by atoms with Crippen LogP contribution in [0.15, 0.2) is 35.4 Å². The number of rotatable bonds is 7. The summed E-state index contributed by atoms with van der Waals surface area (Å²) >= 11 is 0. The number of aliphatic hydroxyl groups excluding tert-OH is 1. The molecule has 1 aromatic rings. The summed E-state index contributed by atoms with van der Waals surface area (Å²) in [5.41, 5.74) is 1.78. The van der Waals surface area contributed by atoms with Gasteiger partial charge in [-0.15, -0.1) is 0 Å². The predicted octanol–water partition coefficient (Wildman–Crippen LogP) is 2.11. The Kier molecular flexibility index (Phi) is 5.70. The molecule has 0 bridgehead atoms. The predicted molar refractivity (Wildman–Crippen MR) is 117 cm³/mol. The Morgan fingerprint density at radius 1 is 1.19 bits per heavy atom. The van der Waals surface area contributed by atoms with Gasteiger partial charge in [0.2, 0.25) is 6.41 Å². The summed E-state index contributed by atoms with van der Waals surface area (Å²) in [4.78, 5) is 34.8. The summed E-state index contributed by atoms with van der Waals surface area (Å²) in [6.07, 6.45) is 10.3. The van der Waals surface area contributed by atoms with E-state index in [0.717, 1.165) is 37.8 Å². The first kappa shape index (κ1) is 21.3. The number of nitrogens with zero attached hydrogens (tertiary/aromatic N) is 3. The van der Waals surface area contributed by atoms with Gasteiger partial charge in [0.1, 0.15) is 29.3 Å². The Morgan fingerprint density at radius 3 is 2.52 bits per heavy atom. The molecule has 9 nitrogen and oxygen atoms in total. The third-order valence-corrected chi connectivity index (χ3v) is 6.68. The minimum Gasteiger partial charge on any atom is -0.395 e. The van der Waals surface area contributed by atoms with Crippen LogP contribution in [0.1, 0.15) is 52.4 Å². The van der Waals surface area contributed by atoms with Crippen molar-refractivity contribution in [1.82, 2.24) is 20.2 Å². The van der Waals surface area contributed by atoms with E-state index in [1.165, 1.54) is 19.2 Å². The molecule has 166 valence electrons. The summed E-state index contributed by atoms with van der Waals surface area (Å²) in [5.74, 6) is 0.992. The molecule has 0 atom stereocenters. The van der Waals surface area contributed by atoms with E-state index in [-0.39, 0.29) is 12.5 Å². The number of carbonyl (C=O) groups excluding carboxylic acids is 2. The molecule has 2 heterocycles. The SMILES string of the molecule is CC(/C=C(\C)Nc1cc(NCCO)ncn1)=C1\C(=O)NC2(CCC3(CC3)CC2)N1C=O. The zero-order chi connectivity index (χ0) is 22.1. The first-order valence-electron chi connectivity index (χ1n) is 10.8. The number of amides is 2. The average molecular weight is 427 g/mol. The Labute approximate surface area is 182 Å². The lowest BCUT2D eigenvalue weighted by molar-refractivity contribution is -0.122. The van der Waals surface area contributed by atoms with Gasteiger partial charge in [-0.2, -0.15) is 0 Å². The number of aliphatic hydroxyl groups is 1. The van der Waals surface area contributed by atoms with Crippen LogP contribution in [0, 0.1) is 5.41 Å². The van der Waals surface area contributed by atoms with Crippen molar-refractivity contribution < 1.29 is 14.7 Å². The normalized spacial score (nSPS) is 23.0. The van der Waals surface area contributed by atoms with Crippen LogP contribution in [0.25, 0.3) is 0 Å². The fourth-order valence-corrected chi connectivity index (χ4v) is 4.75. The summed E-state index contributed by atoms with van der Waals surface area (Å²) < 4.78 is 0. The second-order valence-electron chi connectivity index (χ2n) is 8.88. The van der Waals surface area contributed by atoms with Gasteiger partial charge < -0.3 is 21.1 Å². The number of anilines is 2. The van der Waals surface area contributed by atoms with Gasteiger partial charge in [-0.05, 0) is 69.4 Å². The molecule has 1 aromatic heterocycles. The van der Waals surface area contributed by atoms with Crippen molar-refractivity contribution in [3.63, 3.8) is 0 Å². The molecule has 4 rings (SSSR count). The van der Waals surface area contributed by atoms with Gasteiger partial charge in [0, 0.05) is 18.3 Å². The van der Waals surface area contributed by atoms with Crippen LogP contribution in [0.2, 0.25) is 0 Å². The van der Waals surface area contributed by atoms with Crippen molar-refractivity contribution in [2.24, 2.45) is 5.41 Å². The first-order chi connectivity index (χ1) is 14.9. The quantitative estimate of drug-likeness (QED) is 0.389. The van der Waals surface area contributed by atoms with Crippen LogP contribution in [0.3, 0.4) is 0 Å². The summed E-state index contributed by atoms with van der Waals surface area (Å²) in [6, 6.07) is 1.74. The Balaban J connectivity index is 1.51. The number of allylic oxidation sites excluding steroid dienone is 3. The highest BCUT2D eigenvalue weighted by Gasteiger charge is 2.55. The maximum atomic E-state index is 12.9. The van der Waals surface area contributed by atoms with E-state index in [9.17, 15) is 9.59 Å². The molecular formula is C22H30N6O3. The molecule has 1 saturated heterocycles. The molecule has 4 N–H and O–H groups in total. The van der Waals surface area contributed by atoms with E-state index in [1.807, 2.05) is 19.9 Å². The van der Waals surface area contributed by atoms with Gasteiger partial charge >= 0.3 is 0 Å². The van der Waals surface area contributed by atoms with Crippen molar-refractivity contribution in [1.29, 1.82) is 0 Å². The van der Waals surface area contributed by atoms with Crippen molar-refractivity contribution >= 4 is 24.0 Å². The molecule has 0 aromatic carbocycles. The number of hydrogen-bond donors (Lipinski definition) is 4. The summed E-state index contributed by atoms with van der Waals surface area (Å²) in [6.45, 7) is 4.12. The van der Waals surface area contributed by atoms with E-state index in [1.54, 1.807) is 11.0 Å². The number of hydrogen-bond acceptors (Lipinski definition) is 7. The molecule has 2 saturated carbocycles. The number of nitrogens with one attached hydrogen (secondary N) is 3. The second-order valence-corrected chi connectivity index (χ2v) is 8.88. The van der Waals surface area contributed by atoms with Crippen LogP contribution in [-0.2, 0) is 9.59 Å². The van der Waals surface area contributed by atoms with Gasteiger partial charge in [0.25, 0.3) is 5.91 Å². The standard InChI is InChI=1S/C22H30N6O3/c1-15(11-16(2)26-18-12-17(23-9-10-29)24-13-25-18)19-20(31)27-22(28(19)14-30)7-5-21(3-4-21)6-8-22/h11-14,29H,3-10H2,1-2H3,(H,27,31)(H2,23,24,25,26)/b16-11+,19-15-. The Morgan fingerprint density at radius 2 is 1.87 bits per heavy atom. The third kappa shape index (κ3) is 4.27. The lowest BCUT2D eigenvalue weighted by Gasteiger charge is -2.41. The maximum absolute atomic E-state index is 12.9. The van der Waals surface area contributed by atoms with Gasteiger partial charge in [0.15, 0.2) is 0 Å². The van der Waals surface area contributed by atoms with E-state index < -0.39 is 5.66 Å². The van der Waals surface area contributed by atoms with Crippen molar-refractivity contribution in [3.05, 3.63) is 35.4 Å². The van der Waals surface area contributed by atoms with Crippen LogP contribution < -0.4 is 16.0 Å². The maximum Gasteiger partial charge on any atom is 0.270 e.